The third-order valence-electron chi connectivity index (χ3n) is 7.16. The molecule has 0 radical (unpaired) electrons. The number of hydrogen-bond acceptors (Lipinski definition) is 6. The third-order valence-corrected chi connectivity index (χ3v) is 7.16. The van der Waals surface area contributed by atoms with E-state index in [4.69, 9.17) is 0 Å². The molecule has 216 valence electrons. The largest absolute Gasteiger partial charge is 0.390 e. The van der Waals surface area contributed by atoms with Crippen molar-refractivity contribution in [1.29, 1.82) is 0 Å². The van der Waals surface area contributed by atoms with Crippen LogP contribution in [0.2, 0.25) is 0 Å². The number of allylic oxidation sites excluding steroid dienone is 2. The Kier molecular flexibility index (Phi) is 17.0. The second-order valence-electron chi connectivity index (χ2n) is 10.0. The fourth-order valence-electron chi connectivity index (χ4n) is 4.68. The molecule has 1 aliphatic rings. The van der Waals surface area contributed by atoms with Crippen molar-refractivity contribution in [2.75, 3.05) is 34.2 Å². The molecule has 3 rings (SSSR count). The van der Waals surface area contributed by atoms with Crippen LogP contribution in [0, 0.1) is 0 Å². The first-order valence-electron chi connectivity index (χ1n) is 14.7. The number of aryl methyl sites for hydroxylation is 1. The number of rotatable bonds is 12. The molecule has 0 saturated carbocycles. The maximum Gasteiger partial charge on any atom is 0.0964 e. The maximum atomic E-state index is 10.1. The molecule has 0 amide bonds. The highest BCUT2D eigenvalue weighted by molar-refractivity contribution is 5.26. The van der Waals surface area contributed by atoms with Crippen LogP contribution in [0.4, 0.5) is 0 Å². The van der Waals surface area contributed by atoms with Crippen molar-refractivity contribution in [3.63, 3.8) is 0 Å². The van der Waals surface area contributed by atoms with Gasteiger partial charge in [0, 0.05) is 25.3 Å². The Hall–Kier alpha value is -2.06. The summed E-state index contributed by atoms with van der Waals surface area (Å²) in [5.41, 5.74) is 4.42. The Bertz CT molecular complexity index is 906. The molecule has 38 heavy (non-hydrogen) atoms. The van der Waals surface area contributed by atoms with Crippen LogP contribution in [0.5, 0.6) is 0 Å². The minimum atomic E-state index is -0.000237. The lowest BCUT2D eigenvalue weighted by molar-refractivity contribution is 0.156. The predicted octanol–water partition coefficient (Wildman–Crippen LogP) is 5.90. The fraction of sp³-hybridized carbons (Fsp3) is 0.677. The van der Waals surface area contributed by atoms with Gasteiger partial charge in [0.2, 0.25) is 0 Å². The van der Waals surface area contributed by atoms with Gasteiger partial charge in [0.1, 0.15) is 0 Å². The van der Waals surface area contributed by atoms with E-state index in [2.05, 4.69) is 96.3 Å². The highest BCUT2D eigenvalue weighted by Crippen LogP contribution is 2.32. The van der Waals surface area contributed by atoms with E-state index in [-0.39, 0.29) is 6.61 Å². The second-order valence-corrected chi connectivity index (χ2v) is 10.0. The molecule has 1 unspecified atom stereocenters. The van der Waals surface area contributed by atoms with E-state index in [1.165, 1.54) is 30.5 Å². The second kappa shape index (κ2) is 19.1. The van der Waals surface area contributed by atoms with E-state index in [0.717, 1.165) is 44.0 Å². The molecular weight excluding hydrogens is 472 g/mol. The summed E-state index contributed by atoms with van der Waals surface area (Å²) in [6, 6.07) is 4.95. The Morgan fingerprint density at radius 3 is 2.39 bits per heavy atom. The molecule has 7 heteroatoms. The molecule has 0 aromatic carbocycles. The lowest BCUT2D eigenvalue weighted by Crippen LogP contribution is -2.39. The normalized spacial score (nSPS) is 15.8. The van der Waals surface area contributed by atoms with Gasteiger partial charge in [-0.25, -0.2) is 4.98 Å². The van der Waals surface area contributed by atoms with Crippen molar-refractivity contribution in [3.05, 3.63) is 59.5 Å². The topological polar surface area (TPSA) is 60.7 Å². The summed E-state index contributed by atoms with van der Waals surface area (Å²) in [6.07, 6.45) is 13.9. The molecule has 1 N–H and O–H groups in total. The van der Waals surface area contributed by atoms with Gasteiger partial charge < -0.3 is 14.6 Å². The van der Waals surface area contributed by atoms with Crippen molar-refractivity contribution in [1.82, 2.24) is 29.2 Å². The zero-order valence-corrected chi connectivity index (χ0v) is 25.8. The molecule has 0 spiro atoms. The summed E-state index contributed by atoms with van der Waals surface area (Å²) in [5.74, 6) is 0. The first kappa shape index (κ1) is 34.0. The van der Waals surface area contributed by atoms with E-state index in [1.807, 2.05) is 32.4 Å². The van der Waals surface area contributed by atoms with Gasteiger partial charge in [-0.05, 0) is 78.3 Å². The molecule has 0 saturated heterocycles. The molecule has 2 atom stereocenters. The van der Waals surface area contributed by atoms with Gasteiger partial charge in [-0.15, -0.1) is 0 Å². The quantitative estimate of drug-likeness (QED) is 0.346. The number of aromatic nitrogens is 3. The number of likely N-dealkylation sites (N-methyl/N-ethyl adjacent to an activating group) is 2. The minimum Gasteiger partial charge on any atom is -0.390 e. The lowest BCUT2D eigenvalue weighted by atomic mass is 9.91. The van der Waals surface area contributed by atoms with E-state index in [1.54, 1.807) is 0 Å². The molecule has 2 heterocycles. The average Bonchev–Trinajstić information content (AvgIpc) is 3.33. The van der Waals surface area contributed by atoms with Gasteiger partial charge in [-0.3, -0.25) is 14.8 Å². The number of nitrogens with zero attached hydrogens (tertiary/aromatic N) is 6. The van der Waals surface area contributed by atoms with Crippen LogP contribution >= 0.6 is 0 Å². The van der Waals surface area contributed by atoms with E-state index < -0.39 is 0 Å². The summed E-state index contributed by atoms with van der Waals surface area (Å²) in [6.45, 7) is 16.2. The number of hydrogen-bond donors (Lipinski definition) is 1. The van der Waals surface area contributed by atoms with Crippen LogP contribution in [-0.4, -0.2) is 74.6 Å². The van der Waals surface area contributed by atoms with Gasteiger partial charge in [0.25, 0.3) is 0 Å². The number of pyridine rings is 1. The number of imidazole rings is 1. The Morgan fingerprint density at radius 1 is 1.11 bits per heavy atom. The van der Waals surface area contributed by atoms with Crippen LogP contribution in [0.15, 0.2) is 36.8 Å². The van der Waals surface area contributed by atoms with Gasteiger partial charge >= 0.3 is 0 Å². The van der Waals surface area contributed by atoms with Crippen LogP contribution in [0.25, 0.3) is 0 Å². The van der Waals surface area contributed by atoms with Crippen molar-refractivity contribution in [2.45, 2.75) is 106 Å². The lowest BCUT2D eigenvalue weighted by Gasteiger charge is -2.32. The smallest absolute Gasteiger partial charge is 0.0964 e. The Labute approximate surface area is 233 Å². The molecule has 0 bridgehead atoms. The molecule has 7 nitrogen and oxygen atoms in total. The van der Waals surface area contributed by atoms with Crippen LogP contribution in [0.3, 0.4) is 0 Å². The first-order chi connectivity index (χ1) is 18.4. The van der Waals surface area contributed by atoms with Crippen LogP contribution < -0.4 is 0 Å². The summed E-state index contributed by atoms with van der Waals surface area (Å²) >= 11 is 0. The van der Waals surface area contributed by atoms with E-state index in [0.29, 0.717) is 18.6 Å². The van der Waals surface area contributed by atoms with Crippen molar-refractivity contribution in [2.24, 2.45) is 0 Å². The van der Waals surface area contributed by atoms with Gasteiger partial charge in [-0.1, -0.05) is 52.8 Å². The highest BCUT2D eigenvalue weighted by Gasteiger charge is 2.26. The summed E-state index contributed by atoms with van der Waals surface area (Å²) < 4.78 is 2.08. The van der Waals surface area contributed by atoms with Gasteiger partial charge in [0.05, 0.1) is 42.7 Å². The zero-order valence-electron chi connectivity index (χ0n) is 25.8. The number of fused-ring (bicyclic) bond motifs is 1. The third kappa shape index (κ3) is 10.6. The molecule has 2 aromatic rings. The predicted molar refractivity (Wildman–Crippen MR) is 161 cm³/mol. The van der Waals surface area contributed by atoms with E-state index in [9.17, 15) is 5.11 Å². The first-order valence-corrected chi connectivity index (χ1v) is 14.7. The van der Waals surface area contributed by atoms with Crippen LogP contribution in [-0.2, 0) is 26.2 Å². The summed E-state index contributed by atoms with van der Waals surface area (Å²) in [7, 11) is 6.42. The SMILES string of the molecule is CC.CC/C=C\CC.CCN(C)CC(C)N(C)Cn1cnc(CN(C)[C@H]2CCCc3cccnc32)c1CO. The molecular formula is C31H56N6O. The van der Waals surface area contributed by atoms with Crippen molar-refractivity contribution >= 4 is 0 Å². The Balaban J connectivity index is 0.000000795. The van der Waals surface area contributed by atoms with Crippen molar-refractivity contribution in [3.8, 4) is 0 Å². The van der Waals surface area contributed by atoms with Crippen molar-refractivity contribution < 1.29 is 5.11 Å². The minimum absolute atomic E-state index is 0.000237. The Morgan fingerprint density at radius 2 is 1.79 bits per heavy atom. The molecule has 0 fully saturated rings. The number of aliphatic hydroxyl groups excluding tert-OH is 1. The average molecular weight is 529 g/mol. The number of aliphatic hydroxyl groups is 1. The summed E-state index contributed by atoms with van der Waals surface area (Å²) in [5, 5.41) is 10.1. The fourth-order valence-corrected chi connectivity index (χ4v) is 4.68. The van der Waals surface area contributed by atoms with Crippen LogP contribution in [0.1, 0.15) is 95.9 Å². The molecule has 0 aliphatic heterocycles. The highest BCUT2D eigenvalue weighted by atomic mass is 16.3. The summed E-state index contributed by atoms with van der Waals surface area (Å²) in [4.78, 5) is 16.3. The maximum absolute atomic E-state index is 10.1. The monoisotopic (exact) mass is 528 g/mol. The standard InChI is InChI=1S/C23H38N6O.C6H12.C2H6/c1-6-26(3)13-18(2)28(5)17-29-16-25-20(22(29)15-30)14-27(4)21-11-7-9-19-10-8-12-24-23(19)21;1-3-5-6-4-2;1-2/h8,10,12,16,18,21,30H,6-7,9,11,13-15,17H2,1-5H3;5-6H,3-4H2,1-2H3;1-2H3/b;6-5-;/t18?,21-;;/m0../s1. The van der Waals surface area contributed by atoms with E-state index >= 15 is 0 Å². The zero-order chi connectivity index (χ0) is 28.5. The van der Waals surface area contributed by atoms with Gasteiger partial charge in [0.15, 0.2) is 0 Å². The molecule has 2 aromatic heterocycles. The van der Waals surface area contributed by atoms with Gasteiger partial charge in [-0.2, -0.15) is 0 Å². The molecule has 1 aliphatic carbocycles.